The number of hydrogen-bond acceptors (Lipinski definition) is 6. The summed E-state index contributed by atoms with van der Waals surface area (Å²) in [5.74, 6) is -6.28. The number of anilines is 1. The van der Waals surface area contributed by atoms with Crippen LogP contribution in [0.25, 0.3) is 5.65 Å². The second-order valence-electron chi connectivity index (χ2n) is 11.6. The van der Waals surface area contributed by atoms with Crippen LogP contribution in [0, 0.1) is 17.8 Å². The maximum absolute atomic E-state index is 13.8. The number of imidazole rings is 1. The first kappa shape index (κ1) is 30.2. The first-order valence-corrected chi connectivity index (χ1v) is 14.2. The van der Waals surface area contributed by atoms with Gasteiger partial charge in [0.05, 0.1) is 35.2 Å². The van der Waals surface area contributed by atoms with Crippen molar-refractivity contribution in [3.8, 4) is 0 Å². The highest BCUT2D eigenvalue weighted by atomic mass is 19.4. The van der Waals surface area contributed by atoms with Gasteiger partial charge in [0, 0.05) is 64.1 Å². The van der Waals surface area contributed by atoms with E-state index in [0.717, 1.165) is 12.8 Å². The molecule has 3 atom stereocenters. The third kappa shape index (κ3) is 6.70. The number of aromatic nitrogens is 3. The minimum absolute atomic E-state index is 0.0424. The fourth-order valence-corrected chi connectivity index (χ4v) is 6.36. The Morgan fingerprint density at radius 1 is 1.26 bits per heavy atom. The molecule has 0 spiro atoms. The number of carbonyl (C=O) groups is 2. The van der Waals surface area contributed by atoms with Gasteiger partial charge in [0.1, 0.15) is 0 Å². The second-order valence-corrected chi connectivity index (χ2v) is 11.6. The second kappa shape index (κ2) is 11.8. The van der Waals surface area contributed by atoms with Crippen molar-refractivity contribution in [3.05, 3.63) is 23.7 Å². The van der Waals surface area contributed by atoms with Gasteiger partial charge in [-0.3, -0.25) is 4.79 Å². The Labute approximate surface area is 239 Å². The summed E-state index contributed by atoms with van der Waals surface area (Å²) in [6.07, 6.45) is -3.69. The van der Waals surface area contributed by atoms with Gasteiger partial charge in [-0.05, 0) is 38.0 Å². The van der Waals surface area contributed by atoms with Crippen LogP contribution < -0.4 is 15.5 Å². The zero-order chi connectivity index (χ0) is 30.2. The van der Waals surface area contributed by atoms with E-state index < -0.39 is 54.4 Å². The molecule has 4 heterocycles. The number of ether oxygens (including phenoxy) is 1. The first-order chi connectivity index (χ1) is 19.8. The first-order valence-electron chi connectivity index (χ1n) is 14.2. The standard InChI is InChI=1S/C27H35F5N6O4/c1-37(18-4-8-42-9-5-18)21-12-22-34-20(23(35-25(40)41)15-2-6-26(28,29)7-3-15)14-38(22)36-19(21)11-16-10-17(27(30,31)32)13-33-24(16)39/h12,14-18,23,35H,2-11,13H2,1H3,(H,33,39)(H,40,41)/t16?,17-,23?/m1/s1. The van der Waals surface area contributed by atoms with Crippen LogP contribution in [-0.2, 0) is 16.0 Å². The number of carboxylic acid groups (broad SMARTS) is 1. The lowest BCUT2D eigenvalue weighted by Crippen LogP contribution is -2.47. The van der Waals surface area contributed by atoms with Crippen LogP contribution in [-0.4, -0.2) is 76.7 Å². The molecule has 3 N–H and O–H groups in total. The number of alkyl halides is 5. The Bertz CT molecular complexity index is 1290. The van der Waals surface area contributed by atoms with Gasteiger partial charge < -0.3 is 25.4 Å². The summed E-state index contributed by atoms with van der Waals surface area (Å²) >= 11 is 0. The van der Waals surface area contributed by atoms with Gasteiger partial charge >= 0.3 is 12.3 Å². The maximum atomic E-state index is 13.8. The molecule has 2 aliphatic heterocycles. The number of amides is 2. The molecule has 1 saturated carbocycles. The van der Waals surface area contributed by atoms with Gasteiger partial charge in [0.15, 0.2) is 5.65 Å². The predicted molar refractivity (Wildman–Crippen MR) is 140 cm³/mol. The summed E-state index contributed by atoms with van der Waals surface area (Å²) in [6, 6.07) is 0.942. The lowest BCUT2D eigenvalue weighted by Gasteiger charge is -2.35. The Balaban J connectivity index is 1.50. The van der Waals surface area contributed by atoms with Crippen LogP contribution in [0.2, 0.25) is 0 Å². The third-order valence-electron chi connectivity index (χ3n) is 8.84. The van der Waals surface area contributed by atoms with Crippen molar-refractivity contribution in [2.45, 2.75) is 75.5 Å². The lowest BCUT2D eigenvalue weighted by molar-refractivity contribution is -0.183. The van der Waals surface area contributed by atoms with Gasteiger partial charge in [-0.1, -0.05) is 0 Å². The van der Waals surface area contributed by atoms with Crippen molar-refractivity contribution in [3.63, 3.8) is 0 Å². The van der Waals surface area contributed by atoms with Crippen molar-refractivity contribution < 1.29 is 41.4 Å². The summed E-state index contributed by atoms with van der Waals surface area (Å²) < 4.78 is 75.1. The average molecular weight is 603 g/mol. The molecule has 2 saturated heterocycles. The molecule has 3 aliphatic rings. The Hall–Kier alpha value is -3.23. The number of piperidine rings is 1. The molecule has 2 aromatic heterocycles. The number of halogens is 5. The molecule has 232 valence electrons. The van der Waals surface area contributed by atoms with E-state index in [-0.39, 0.29) is 44.6 Å². The molecule has 0 radical (unpaired) electrons. The third-order valence-corrected chi connectivity index (χ3v) is 8.84. The Morgan fingerprint density at radius 3 is 2.60 bits per heavy atom. The van der Waals surface area contributed by atoms with Crippen LogP contribution in [0.5, 0.6) is 0 Å². The zero-order valence-corrected chi connectivity index (χ0v) is 23.2. The Kier molecular flexibility index (Phi) is 8.50. The SMILES string of the molecule is CN(c1cc2nc(C(NC(=O)O)C3CCC(F)(F)CC3)cn2nc1CC1C[C@@H](C(F)(F)F)CNC1=O)C1CCOCC1. The van der Waals surface area contributed by atoms with Crippen LogP contribution >= 0.6 is 0 Å². The number of nitrogens with zero attached hydrogens (tertiary/aromatic N) is 4. The van der Waals surface area contributed by atoms with E-state index in [4.69, 9.17) is 4.74 Å². The molecule has 42 heavy (non-hydrogen) atoms. The summed E-state index contributed by atoms with van der Waals surface area (Å²) in [5, 5.41) is 19.0. The average Bonchev–Trinajstić information content (AvgIpc) is 3.35. The fourth-order valence-electron chi connectivity index (χ4n) is 6.36. The molecule has 5 rings (SSSR count). The number of nitrogens with one attached hydrogen (secondary N) is 2. The largest absolute Gasteiger partial charge is 0.465 e. The summed E-state index contributed by atoms with van der Waals surface area (Å²) in [5.41, 5.74) is 1.68. The fraction of sp³-hybridized carbons (Fsp3) is 0.704. The van der Waals surface area contributed by atoms with E-state index in [9.17, 15) is 36.6 Å². The van der Waals surface area contributed by atoms with E-state index in [2.05, 4.69) is 20.7 Å². The number of carbonyl (C=O) groups excluding carboxylic acids is 1. The van der Waals surface area contributed by atoms with Gasteiger partial charge in [0.2, 0.25) is 11.8 Å². The Morgan fingerprint density at radius 2 is 1.95 bits per heavy atom. The topological polar surface area (TPSA) is 121 Å². The van der Waals surface area contributed by atoms with Gasteiger partial charge in [-0.2, -0.15) is 18.3 Å². The number of fused-ring (bicyclic) bond motifs is 1. The molecule has 2 amide bonds. The van der Waals surface area contributed by atoms with E-state index in [1.54, 1.807) is 6.07 Å². The van der Waals surface area contributed by atoms with Crippen LogP contribution in [0.4, 0.5) is 32.4 Å². The van der Waals surface area contributed by atoms with Crippen molar-refractivity contribution >= 4 is 23.3 Å². The zero-order valence-electron chi connectivity index (χ0n) is 23.2. The molecule has 15 heteroatoms. The molecule has 2 unspecified atom stereocenters. The minimum Gasteiger partial charge on any atom is -0.465 e. The number of hydrogen-bond donors (Lipinski definition) is 3. The lowest BCUT2D eigenvalue weighted by atomic mass is 9.81. The van der Waals surface area contributed by atoms with Crippen molar-refractivity contribution in [1.29, 1.82) is 0 Å². The van der Waals surface area contributed by atoms with Crippen molar-refractivity contribution in [2.75, 3.05) is 31.7 Å². The summed E-state index contributed by atoms with van der Waals surface area (Å²) in [7, 11) is 1.85. The van der Waals surface area contributed by atoms with Crippen LogP contribution in [0.3, 0.4) is 0 Å². The van der Waals surface area contributed by atoms with Gasteiger partial charge in [-0.25, -0.2) is 23.1 Å². The molecular weight excluding hydrogens is 567 g/mol. The maximum Gasteiger partial charge on any atom is 0.405 e. The number of rotatable bonds is 7. The highest BCUT2D eigenvalue weighted by molar-refractivity contribution is 5.80. The molecular formula is C27H35F5N6O4. The van der Waals surface area contributed by atoms with E-state index in [1.807, 2.05) is 11.9 Å². The molecule has 1 aliphatic carbocycles. The monoisotopic (exact) mass is 602 g/mol. The predicted octanol–water partition coefficient (Wildman–Crippen LogP) is 4.34. The van der Waals surface area contributed by atoms with Gasteiger partial charge in [-0.15, -0.1) is 0 Å². The molecule has 3 fully saturated rings. The highest BCUT2D eigenvalue weighted by Crippen LogP contribution is 2.42. The minimum atomic E-state index is -4.44. The smallest absolute Gasteiger partial charge is 0.405 e. The summed E-state index contributed by atoms with van der Waals surface area (Å²) in [4.78, 5) is 30.9. The van der Waals surface area contributed by atoms with Crippen LogP contribution in [0.15, 0.2) is 12.3 Å². The normalized spacial score (nSPS) is 24.8. The molecule has 0 bridgehead atoms. The van der Waals surface area contributed by atoms with Crippen LogP contribution in [0.1, 0.15) is 62.4 Å². The highest BCUT2D eigenvalue weighted by Gasteiger charge is 2.45. The van der Waals surface area contributed by atoms with E-state index in [0.29, 0.717) is 35.9 Å². The molecule has 2 aromatic rings. The molecule has 0 aromatic carbocycles. The van der Waals surface area contributed by atoms with Gasteiger partial charge in [0.25, 0.3) is 0 Å². The van der Waals surface area contributed by atoms with E-state index >= 15 is 0 Å². The van der Waals surface area contributed by atoms with E-state index in [1.165, 1.54) is 10.7 Å². The molecule has 10 nitrogen and oxygen atoms in total. The quantitative estimate of drug-likeness (QED) is 0.404. The van der Waals surface area contributed by atoms with Crippen molar-refractivity contribution in [2.24, 2.45) is 17.8 Å². The summed E-state index contributed by atoms with van der Waals surface area (Å²) in [6.45, 7) is 0.639. The van der Waals surface area contributed by atoms with Crippen molar-refractivity contribution in [1.82, 2.24) is 25.2 Å².